The van der Waals surface area contributed by atoms with E-state index in [-0.39, 0.29) is 9.52 Å². The molecule has 0 aromatic rings. The average molecular weight is 153 g/mol. The fraction of sp³-hybridized carbons (Fsp3) is 1.00. The van der Waals surface area contributed by atoms with E-state index in [9.17, 15) is 0 Å². The van der Waals surface area contributed by atoms with Crippen molar-refractivity contribution in [3.63, 3.8) is 0 Å². The summed E-state index contributed by atoms with van der Waals surface area (Å²) in [5.41, 5.74) is 0.994. The van der Waals surface area contributed by atoms with Crippen LogP contribution in [0.4, 0.5) is 0 Å². The van der Waals surface area contributed by atoms with E-state index in [1.165, 1.54) is 6.04 Å². The molecule has 44 valence electrons. The van der Waals surface area contributed by atoms with Crippen molar-refractivity contribution in [2.75, 3.05) is 5.50 Å². The van der Waals surface area contributed by atoms with Crippen molar-refractivity contribution in [2.45, 2.75) is 18.6 Å². The Balaban J connectivity index is 2.45. The lowest BCUT2D eigenvalue weighted by Gasteiger charge is -1.87. The van der Waals surface area contributed by atoms with Gasteiger partial charge in [-0.3, -0.25) is 0 Å². The van der Waals surface area contributed by atoms with Crippen LogP contribution in [0.15, 0.2) is 0 Å². The zero-order valence-electron chi connectivity index (χ0n) is 4.91. The van der Waals surface area contributed by atoms with Crippen LogP contribution < -0.4 is 0 Å². The predicted octanol–water partition coefficient (Wildman–Crippen LogP) is 0.405. The van der Waals surface area contributed by atoms with E-state index < -0.39 is 0 Å². The van der Waals surface area contributed by atoms with Gasteiger partial charge in [0.25, 0.3) is 0 Å². The van der Waals surface area contributed by atoms with E-state index in [0.717, 1.165) is 5.50 Å². The Morgan fingerprint density at radius 3 is 2.57 bits per heavy atom. The summed E-state index contributed by atoms with van der Waals surface area (Å²) in [4.78, 5) is 0. The summed E-state index contributed by atoms with van der Waals surface area (Å²) in [5.74, 6) is 0. The Kier molecular flexibility index (Phi) is 7.42. The van der Waals surface area contributed by atoms with Crippen LogP contribution >= 0.6 is 11.6 Å². The third-order valence-electron chi connectivity index (χ3n) is 0.987. The van der Waals surface area contributed by atoms with Crippen molar-refractivity contribution in [1.29, 1.82) is 0 Å². The minimum absolute atomic E-state index is 0.211. The monoisotopic (exact) mass is 152 g/mol. The maximum Gasteiger partial charge on any atom is 0.0375 e. The molecule has 0 amide bonds. The SMILES string of the molecule is C[SiH2]CC[SiH2]CCl. The summed E-state index contributed by atoms with van der Waals surface area (Å²) in [7, 11) is 0.581. The molecule has 0 nitrogen and oxygen atoms in total. The number of hydrogen-bond acceptors (Lipinski definition) is 0. The molecule has 0 rings (SSSR count). The van der Waals surface area contributed by atoms with Gasteiger partial charge >= 0.3 is 0 Å². The van der Waals surface area contributed by atoms with Crippen LogP contribution in [-0.4, -0.2) is 24.5 Å². The summed E-state index contributed by atoms with van der Waals surface area (Å²) in [6.07, 6.45) is 0. The van der Waals surface area contributed by atoms with E-state index in [2.05, 4.69) is 6.55 Å². The molecule has 0 aliphatic heterocycles. The zero-order valence-corrected chi connectivity index (χ0v) is 8.50. The molecule has 0 radical (unpaired) electrons. The van der Waals surface area contributed by atoms with Gasteiger partial charge in [-0.05, 0) is 0 Å². The molecule has 0 aliphatic carbocycles. The maximum atomic E-state index is 5.51. The Hall–Kier alpha value is 0.724. The molecule has 0 aliphatic rings. The standard InChI is InChI=1S/C4H13ClSi2/c1-6-2-3-7-4-5/h2-4,6-7H2,1H3. The second kappa shape index (κ2) is 6.72. The van der Waals surface area contributed by atoms with Crippen molar-refractivity contribution in [1.82, 2.24) is 0 Å². The second-order valence-electron chi connectivity index (χ2n) is 1.75. The summed E-state index contributed by atoms with van der Waals surface area (Å²) < 4.78 is 0. The van der Waals surface area contributed by atoms with Crippen molar-refractivity contribution in [2.24, 2.45) is 0 Å². The van der Waals surface area contributed by atoms with Crippen molar-refractivity contribution < 1.29 is 0 Å². The minimum Gasteiger partial charge on any atom is -0.131 e. The predicted molar refractivity (Wildman–Crippen MR) is 43.3 cm³/mol. The highest BCUT2D eigenvalue weighted by Crippen LogP contribution is 1.87. The number of hydrogen-bond donors (Lipinski definition) is 0. The zero-order chi connectivity index (χ0) is 5.54. The minimum atomic E-state index is 0.211. The quantitative estimate of drug-likeness (QED) is 0.311. The van der Waals surface area contributed by atoms with Crippen LogP contribution in [-0.2, 0) is 0 Å². The van der Waals surface area contributed by atoms with Crippen molar-refractivity contribution in [3.8, 4) is 0 Å². The molecular weight excluding hydrogens is 140 g/mol. The van der Waals surface area contributed by atoms with E-state index in [4.69, 9.17) is 11.6 Å². The molecule has 0 fully saturated rings. The van der Waals surface area contributed by atoms with Gasteiger partial charge in [0.15, 0.2) is 0 Å². The highest BCUT2D eigenvalue weighted by atomic mass is 35.5. The lowest BCUT2D eigenvalue weighted by atomic mass is 10.9. The first-order valence-electron chi connectivity index (χ1n) is 2.97. The van der Waals surface area contributed by atoms with E-state index in [0.29, 0.717) is 9.52 Å². The largest absolute Gasteiger partial charge is 0.131 e. The Labute approximate surface area is 55.3 Å². The smallest absolute Gasteiger partial charge is 0.0375 e. The van der Waals surface area contributed by atoms with Gasteiger partial charge in [-0.25, -0.2) is 0 Å². The Morgan fingerprint density at radius 2 is 2.14 bits per heavy atom. The van der Waals surface area contributed by atoms with Gasteiger partial charge in [0, 0.05) is 24.5 Å². The third kappa shape index (κ3) is 6.72. The number of halogens is 1. The molecule has 0 heterocycles. The molecule has 0 aromatic carbocycles. The van der Waals surface area contributed by atoms with Gasteiger partial charge < -0.3 is 0 Å². The van der Waals surface area contributed by atoms with Gasteiger partial charge in [0.1, 0.15) is 0 Å². The van der Waals surface area contributed by atoms with Crippen LogP contribution in [0, 0.1) is 0 Å². The maximum absolute atomic E-state index is 5.51. The van der Waals surface area contributed by atoms with Gasteiger partial charge in [0.05, 0.1) is 0 Å². The van der Waals surface area contributed by atoms with Crippen LogP contribution in [0.3, 0.4) is 0 Å². The fourth-order valence-corrected chi connectivity index (χ4v) is 4.69. The van der Waals surface area contributed by atoms with Gasteiger partial charge in [-0.2, -0.15) is 0 Å². The Bertz CT molecular complexity index is 28.9. The Morgan fingerprint density at radius 1 is 1.43 bits per heavy atom. The number of alkyl halides is 1. The first-order chi connectivity index (χ1) is 3.41. The van der Waals surface area contributed by atoms with Gasteiger partial charge in [0.2, 0.25) is 0 Å². The highest BCUT2D eigenvalue weighted by molar-refractivity contribution is 6.51. The molecule has 3 heteroatoms. The van der Waals surface area contributed by atoms with Crippen LogP contribution in [0.2, 0.25) is 18.6 Å². The van der Waals surface area contributed by atoms with Gasteiger partial charge in [-0.15, -0.1) is 11.6 Å². The van der Waals surface area contributed by atoms with E-state index in [1.54, 1.807) is 6.04 Å². The van der Waals surface area contributed by atoms with Crippen molar-refractivity contribution >= 4 is 30.6 Å². The van der Waals surface area contributed by atoms with Crippen LogP contribution in [0.1, 0.15) is 0 Å². The van der Waals surface area contributed by atoms with Crippen LogP contribution in [0.25, 0.3) is 0 Å². The summed E-state index contributed by atoms with van der Waals surface area (Å²) >= 11 is 5.51. The molecule has 0 unspecified atom stereocenters. The molecule has 0 spiro atoms. The lowest BCUT2D eigenvalue weighted by Crippen LogP contribution is -1.91. The fourth-order valence-electron chi connectivity index (χ4n) is 0.521. The molecule has 0 aromatic heterocycles. The first kappa shape index (κ1) is 7.72. The summed E-state index contributed by atoms with van der Waals surface area (Å²) in [6, 6.07) is 3.05. The molecule has 0 saturated carbocycles. The first-order valence-corrected chi connectivity index (χ1v) is 7.92. The summed E-state index contributed by atoms with van der Waals surface area (Å²) in [6.45, 7) is 2.36. The van der Waals surface area contributed by atoms with Crippen LogP contribution in [0.5, 0.6) is 0 Å². The van der Waals surface area contributed by atoms with Gasteiger partial charge in [-0.1, -0.05) is 18.6 Å². The average Bonchev–Trinajstić information content (AvgIpc) is 1.69. The molecule has 0 atom stereocenters. The highest BCUT2D eigenvalue weighted by Gasteiger charge is 1.83. The lowest BCUT2D eigenvalue weighted by molar-refractivity contribution is 1.41. The van der Waals surface area contributed by atoms with E-state index >= 15 is 0 Å². The van der Waals surface area contributed by atoms with E-state index in [1.807, 2.05) is 0 Å². The molecule has 0 saturated heterocycles. The number of rotatable bonds is 4. The summed E-state index contributed by atoms with van der Waals surface area (Å²) in [5, 5.41) is 0. The molecular formula is C4H13ClSi2. The molecule has 0 bridgehead atoms. The topological polar surface area (TPSA) is 0 Å². The second-order valence-corrected chi connectivity index (χ2v) is 6.38. The normalized spacial score (nSPS) is 12.9. The van der Waals surface area contributed by atoms with Crippen molar-refractivity contribution in [3.05, 3.63) is 0 Å². The molecule has 7 heavy (non-hydrogen) atoms. The third-order valence-corrected chi connectivity index (χ3v) is 5.26. The molecule has 0 N–H and O–H groups in total.